The number of Topliss-reactive ketones (excluding diaryl/α,β-unsaturated/α-hetero) is 1. The Hall–Kier alpha value is -3.08. The smallest absolute Gasteiger partial charge is 0.330 e. The van der Waals surface area contributed by atoms with Crippen LogP contribution in [-0.4, -0.2) is 31.1 Å². The summed E-state index contributed by atoms with van der Waals surface area (Å²) in [4.78, 5) is 22.4. The Kier molecular flexibility index (Phi) is 10.9. The van der Waals surface area contributed by atoms with Gasteiger partial charge in [-0.15, -0.1) is 0 Å². The number of allylic oxidation sites excluding steroid dienone is 1. The molecular weight excluding hydrogens is 368 g/mol. The quantitative estimate of drug-likeness (QED) is 0.351. The molecule has 2 aromatic rings. The van der Waals surface area contributed by atoms with Crippen LogP contribution >= 0.6 is 0 Å². The van der Waals surface area contributed by atoms with Crippen LogP contribution in [0.3, 0.4) is 0 Å². The van der Waals surface area contributed by atoms with E-state index in [9.17, 15) is 9.59 Å². The first kappa shape index (κ1) is 24.0. The summed E-state index contributed by atoms with van der Waals surface area (Å²) in [6.45, 7) is 3.71. The van der Waals surface area contributed by atoms with Crippen molar-refractivity contribution in [3.63, 3.8) is 0 Å². The molecule has 0 bridgehead atoms. The Morgan fingerprint density at radius 2 is 1.69 bits per heavy atom. The fourth-order valence-electron chi connectivity index (χ4n) is 2.60. The first-order valence-electron chi connectivity index (χ1n) is 9.62. The monoisotopic (exact) mass is 398 g/mol. The summed E-state index contributed by atoms with van der Waals surface area (Å²) >= 11 is 0. The van der Waals surface area contributed by atoms with E-state index in [-0.39, 0.29) is 5.78 Å². The van der Waals surface area contributed by atoms with Crippen molar-refractivity contribution >= 4 is 11.8 Å². The third-order valence-corrected chi connectivity index (χ3v) is 4.28. The van der Waals surface area contributed by atoms with Gasteiger partial charge >= 0.3 is 5.97 Å². The number of unbranched alkanes of at least 4 members (excludes halogenated alkanes) is 2. The molecular formula is C24H30O5. The number of hydrogen-bond acceptors (Lipinski definition) is 4. The highest BCUT2D eigenvalue weighted by Crippen LogP contribution is 2.31. The minimum absolute atomic E-state index is 0.0622. The first-order valence-corrected chi connectivity index (χ1v) is 9.62. The predicted molar refractivity (Wildman–Crippen MR) is 115 cm³/mol. The average molecular weight is 398 g/mol. The second-order valence-corrected chi connectivity index (χ2v) is 6.45. The van der Waals surface area contributed by atoms with Gasteiger partial charge < -0.3 is 14.6 Å². The van der Waals surface area contributed by atoms with Gasteiger partial charge in [-0.1, -0.05) is 68.3 Å². The van der Waals surface area contributed by atoms with E-state index >= 15 is 0 Å². The van der Waals surface area contributed by atoms with Crippen molar-refractivity contribution in [2.75, 3.05) is 14.2 Å². The average Bonchev–Trinajstić information content (AvgIpc) is 2.74. The van der Waals surface area contributed by atoms with E-state index in [2.05, 4.69) is 6.92 Å². The zero-order chi connectivity index (χ0) is 21.6. The van der Waals surface area contributed by atoms with Gasteiger partial charge in [-0.3, -0.25) is 4.79 Å². The van der Waals surface area contributed by atoms with Crippen LogP contribution < -0.4 is 9.47 Å². The second kappa shape index (κ2) is 13.2. The lowest BCUT2D eigenvalue weighted by atomic mass is 10.0. The Labute approximate surface area is 173 Å². The molecule has 0 heterocycles. The lowest BCUT2D eigenvalue weighted by Gasteiger charge is -2.12. The molecule has 0 aliphatic carbocycles. The van der Waals surface area contributed by atoms with E-state index in [4.69, 9.17) is 14.6 Å². The number of carboxylic acids is 1. The fraction of sp³-hybridized carbons (Fsp3) is 0.333. The maximum atomic E-state index is 12.2. The van der Waals surface area contributed by atoms with E-state index < -0.39 is 5.97 Å². The second-order valence-electron chi connectivity index (χ2n) is 6.45. The van der Waals surface area contributed by atoms with Crippen molar-refractivity contribution in [1.29, 1.82) is 0 Å². The number of carbonyl (C=O) groups is 2. The third kappa shape index (κ3) is 8.21. The Bertz CT molecular complexity index is 809. The van der Waals surface area contributed by atoms with Crippen LogP contribution in [0.15, 0.2) is 60.2 Å². The highest BCUT2D eigenvalue weighted by atomic mass is 16.5. The number of carboxylic acid groups (broad SMARTS) is 1. The first-order chi connectivity index (χ1) is 13.9. The molecule has 0 spiro atoms. The molecule has 0 radical (unpaired) electrons. The molecule has 0 unspecified atom stereocenters. The number of ketones is 1. The van der Waals surface area contributed by atoms with Crippen molar-refractivity contribution in [2.45, 2.75) is 39.5 Å². The molecule has 5 heteroatoms. The van der Waals surface area contributed by atoms with Gasteiger partial charge in [0.25, 0.3) is 0 Å². The SMILES string of the molecule is CCCC/C=C(\C)C(=O)O.COc1cccc(CC(=O)c2ccccc2)c1OC. The summed E-state index contributed by atoms with van der Waals surface area (Å²) in [6.07, 6.45) is 5.14. The topological polar surface area (TPSA) is 72.8 Å². The molecule has 156 valence electrons. The fourth-order valence-corrected chi connectivity index (χ4v) is 2.60. The van der Waals surface area contributed by atoms with E-state index in [1.807, 2.05) is 48.5 Å². The molecule has 1 N–H and O–H groups in total. The third-order valence-electron chi connectivity index (χ3n) is 4.28. The predicted octanol–water partition coefficient (Wildman–Crippen LogP) is 5.34. The van der Waals surface area contributed by atoms with Crippen molar-refractivity contribution in [3.8, 4) is 11.5 Å². The summed E-state index contributed by atoms with van der Waals surface area (Å²) in [5, 5.41) is 8.41. The molecule has 2 aromatic carbocycles. The van der Waals surface area contributed by atoms with Gasteiger partial charge in [-0.2, -0.15) is 0 Å². The highest BCUT2D eigenvalue weighted by Gasteiger charge is 2.13. The highest BCUT2D eigenvalue weighted by molar-refractivity contribution is 5.97. The molecule has 29 heavy (non-hydrogen) atoms. The van der Waals surface area contributed by atoms with E-state index in [0.29, 0.717) is 29.1 Å². The minimum atomic E-state index is -0.809. The largest absolute Gasteiger partial charge is 0.493 e. The summed E-state index contributed by atoms with van der Waals surface area (Å²) in [5.41, 5.74) is 1.98. The lowest BCUT2D eigenvalue weighted by molar-refractivity contribution is -0.132. The maximum Gasteiger partial charge on any atom is 0.330 e. The van der Waals surface area contributed by atoms with E-state index in [0.717, 1.165) is 24.8 Å². The van der Waals surface area contributed by atoms with E-state index in [1.165, 1.54) is 0 Å². The van der Waals surface area contributed by atoms with Crippen molar-refractivity contribution in [2.24, 2.45) is 0 Å². The van der Waals surface area contributed by atoms with Gasteiger partial charge in [0.05, 0.1) is 14.2 Å². The molecule has 0 atom stereocenters. The molecule has 0 saturated carbocycles. The van der Waals surface area contributed by atoms with Gasteiger partial charge in [0.15, 0.2) is 17.3 Å². The van der Waals surface area contributed by atoms with Crippen LogP contribution in [0, 0.1) is 0 Å². The van der Waals surface area contributed by atoms with E-state index in [1.54, 1.807) is 27.2 Å². The van der Waals surface area contributed by atoms with Gasteiger partial charge in [-0.25, -0.2) is 4.79 Å². The molecule has 0 saturated heterocycles. The van der Waals surface area contributed by atoms with Crippen LogP contribution in [0.5, 0.6) is 11.5 Å². The number of methoxy groups -OCH3 is 2. The minimum Gasteiger partial charge on any atom is -0.493 e. The number of carbonyl (C=O) groups excluding carboxylic acids is 1. The number of hydrogen-bond donors (Lipinski definition) is 1. The van der Waals surface area contributed by atoms with Gasteiger partial charge in [0.2, 0.25) is 0 Å². The molecule has 2 rings (SSSR count). The Morgan fingerprint density at radius 3 is 2.24 bits per heavy atom. The van der Waals surface area contributed by atoms with Crippen molar-refractivity contribution < 1.29 is 24.2 Å². The van der Waals surface area contributed by atoms with Gasteiger partial charge in [-0.05, 0) is 19.4 Å². The summed E-state index contributed by atoms with van der Waals surface area (Å²) in [5.74, 6) is 0.512. The Balaban J connectivity index is 0.000000359. The van der Waals surface area contributed by atoms with Crippen LogP contribution in [0.4, 0.5) is 0 Å². The lowest BCUT2D eigenvalue weighted by Crippen LogP contribution is -2.05. The Morgan fingerprint density at radius 1 is 1.00 bits per heavy atom. The molecule has 0 aliphatic rings. The van der Waals surface area contributed by atoms with Crippen LogP contribution in [-0.2, 0) is 11.2 Å². The van der Waals surface area contributed by atoms with Crippen LogP contribution in [0.1, 0.15) is 49.0 Å². The molecule has 0 aliphatic heterocycles. The maximum absolute atomic E-state index is 12.2. The molecule has 0 amide bonds. The number of aliphatic carboxylic acids is 1. The molecule has 0 aromatic heterocycles. The number of benzene rings is 2. The van der Waals surface area contributed by atoms with Crippen molar-refractivity contribution in [1.82, 2.24) is 0 Å². The zero-order valence-electron chi connectivity index (χ0n) is 17.6. The summed E-state index contributed by atoms with van der Waals surface area (Å²) in [7, 11) is 3.16. The standard InChI is InChI=1S/C16H16O3.C8H14O2/c1-18-15-10-6-9-13(16(15)19-2)11-14(17)12-7-4-3-5-8-12;1-3-4-5-6-7(2)8(9)10/h3-10H,11H2,1-2H3;6H,3-5H2,1-2H3,(H,9,10)/b;7-6+. The number of rotatable bonds is 9. The molecule has 5 nitrogen and oxygen atoms in total. The summed E-state index contributed by atoms with van der Waals surface area (Å²) in [6, 6.07) is 14.8. The zero-order valence-corrected chi connectivity index (χ0v) is 17.6. The van der Waals surface area contributed by atoms with Gasteiger partial charge in [0.1, 0.15) is 0 Å². The number of ether oxygens (including phenoxy) is 2. The van der Waals surface area contributed by atoms with Crippen molar-refractivity contribution in [3.05, 3.63) is 71.3 Å². The molecule has 0 fully saturated rings. The summed E-state index contributed by atoms with van der Waals surface area (Å²) < 4.78 is 10.6. The van der Waals surface area contributed by atoms with Gasteiger partial charge in [0, 0.05) is 23.1 Å². The van der Waals surface area contributed by atoms with Crippen LogP contribution in [0.25, 0.3) is 0 Å². The van der Waals surface area contributed by atoms with Crippen LogP contribution in [0.2, 0.25) is 0 Å². The normalized spacial score (nSPS) is 10.6. The number of para-hydroxylation sites is 1.